The summed E-state index contributed by atoms with van der Waals surface area (Å²) in [5, 5.41) is 16.0. The highest BCUT2D eigenvalue weighted by Crippen LogP contribution is 2.35. The maximum atomic E-state index is 12.3. The summed E-state index contributed by atoms with van der Waals surface area (Å²) in [6.45, 7) is 1.76. The van der Waals surface area contributed by atoms with E-state index < -0.39 is 5.97 Å². The van der Waals surface area contributed by atoms with E-state index in [0.29, 0.717) is 19.7 Å². The fourth-order valence-electron chi connectivity index (χ4n) is 3.09. The first kappa shape index (κ1) is 14.0. The Bertz CT molecular complexity index is 550. The Hall–Kier alpha value is -1.96. The number of aromatic carboxylic acids is 1. The Morgan fingerprint density at radius 3 is 2.81 bits per heavy atom. The molecule has 0 unspecified atom stereocenters. The van der Waals surface area contributed by atoms with E-state index in [1.165, 1.54) is 10.9 Å². The van der Waals surface area contributed by atoms with Gasteiger partial charge in [0.2, 0.25) is 5.91 Å². The van der Waals surface area contributed by atoms with Gasteiger partial charge in [-0.15, -0.1) is 5.10 Å². The molecule has 114 valence electrons. The minimum atomic E-state index is -1.15. The van der Waals surface area contributed by atoms with Crippen LogP contribution in [0.2, 0.25) is 0 Å². The molecular weight excluding hydrogens is 276 g/mol. The molecule has 2 fully saturated rings. The molecule has 0 atom stereocenters. The van der Waals surface area contributed by atoms with Gasteiger partial charge in [0.05, 0.1) is 18.4 Å². The molecule has 1 N–H and O–H groups in total. The summed E-state index contributed by atoms with van der Waals surface area (Å²) in [6, 6.07) is 0. The molecular formula is C13H18N4O4. The van der Waals surface area contributed by atoms with Crippen LogP contribution in [0.4, 0.5) is 0 Å². The maximum absolute atomic E-state index is 12.3. The first-order chi connectivity index (χ1) is 10.1. The van der Waals surface area contributed by atoms with E-state index in [2.05, 4.69) is 10.3 Å². The number of morpholine rings is 1. The van der Waals surface area contributed by atoms with Crippen LogP contribution in [0, 0.1) is 0 Å². The van der Waals surface area contributed by atoms with Crippen molar-refractivity contribution >= 4 is 11.9 Å². The van der Waals surface area contributed by atoms with Gasteiger partial charge in [-0.2, -0.15) is 0 Å². The average Bonchev–Trinajstić information content (AvgIpc) is 3.09. The van der Waals surface area contributed by atoms with Crippen molar-refractivity contribution in [3.8, 4) is 0 Å². The van der Waals surface area contributed by atoms with Crippen LogP contribution < -0.4 is 0 Å². The molecule has 3 rings (SSSR count). The molecule has 0 bridgehead atoms. The third kappa shape index (κ3) is 2.90. The lowest BCUT2D eigenvalue weighted by molar-refractivity contribution is -0.150. The normalized spacial score (nSPS) is 20.9. The summed E-state index contributed by atoms with van der Waals surface area (Å²) in [5.41, 5.74) is -0.320. The first-order valence-corrected chi connectivity index (χ1v) is 7.13. The van der Waals surface area contributed by atoms with E-state index in [-0.39, 0.29) is 23.7 Å². The van der Waals surface area contributed by atoms with Crippen molar-refractivity contribution in [1.82, 2.24) is 19.9 Å². The molecule has 2 aliphatic rings. The largest absolute Gasteiger partial charge is 0.476 e. The molecule has 21 heavy (non-hydrogen) atoms. The smallest absolute Gasteiger partial charge is 0.358 e. The SMILES string of the molecule is O=C(O)c1cn(CC(=O)N2CCOC3(CCCC3)C2)nn1. The Balaban J connectivity index is 1.63. The van der Waals surface area contributed by atoms with Crippen molar-refractivity contribution in [2.24, 2.45) is 0 Å². The Morgan fingerprint density at radius 2 is 2.14 bits per heavy atom. The lowest BCUT2D eigenvalue weighted by Gasteiger charge is -2.40. The van der Waals surface area contributed by atoms with Crippen LogP contribution in [0.3, 0.4) is 0 Å². The van der Waals surface area contributed by atoms with E-state index in [4.69, 9.17) is 9.84 Å². The van der Waals surface area contributed by atoms with Gasteiger partial charge in [-0.1, -0.05) is 18.1 Å². The van der Waals surface area contributed by atoms with Crippen molar-refractivity contribution in [3.63, 3.8) is 0 Å². The van der Waals surface area contributed by atoms with Crippen molar-refractivity contribution in [3.05, 3.63) is 11.9 Å². The van der Waals surface area contributed by atoms with Gasteiger partial charge < -0.3 is 14.7 Å². The zero-order valence-corrected chi connectivity index (χ0v) is 11.7. The molecule has 1 aromatic heterocycles. The minimum absolute atomic E-state index is 0.0103. The molecule has 8 nitrogen and oxygen atoms in total. The summed E-state index contributed by atoms with van der Waals surface area (Å²) >= 11 is 0. The van der Waals surface area contributed by atoms with Crippen molar-refractivity contribution in [1.29, 1.82) is 0 Å². The van der Waals surface area contributed by atoms with Gasteiger partial charge in [-0.25, -0.2) is 9.48 Å². The van der Waals surface area contributed by atoms with Crippen LogP contribution in [-0.4, -0.2) is 62.2 Å². The number of nitrogens with zero attached hydrogens (tertiary/aromatic N) is 4. The molecule has 1 saturated carbocycles. The fourth-order valence-corrected chi connectivity index (χ4v) is 3.09. The molecule has 1 aromatic rings. The van der Waals surface area contributed by atoms with Gasteiger partial charge in [-0.05, 0) is 12.8 Å². The van der Waals surface area contributed by atoms with Gasteiger partial charge >= 0.3 is 5.97 Å². The second-order valence-corrected chi connectivity index (χ2v) is 5.66. The second-order valence-electron chi connectivity index (χ2n) is 5.66. The van der Waals surface area contributed by atoms with E-state index in [0.717, 1.165) is 25.7 Å². The van der Waals surface area contributed by atoms with Crippen LogP contribution in [0.15, 0.2) is 6.20 Å². The average molecular weight is 294 g/mol. The number of rotatable bonds is 3. The third-order valence-corrected chi connectivity index (χ3v) is 4.17. The minimum Gasteiger partial charge on any atom is -0.476 e. The Labute approximate surface area is 121 Å². The summed E-state index contributed by atoms with van der Waals surface area (Å²) in [6.07, 6.45) is 5.57. The summed E-state index contributed by atoms with van der Waals surface area (Å²) in [5.74, 6) is -1.23. The first-order valence-electron chi connectivity index (χ1n) is 7.13. The third-order valence-electron chi connectivity index (χ3n) is 4.17. The summed E-state index contributed by atoms with van der Waals surface area (Å²) in [4.78, 5) is 24.9. The van der Waals surface area contributed by atoms with E-state index in [1.807, 2.05) is 0 Å². The number of carbonyl (C=O) groups excluding carboxylic acids is 1. The topological polar surface area (TPSA) is 97.5 Å². The van der Waals surface area contributed by atoms with Gasteiger partial charge in [-0.3, -0.25) is 4.79 Å². The Morgan fingerprint density at radius 1 is 1.38 bits per heavy atom. The van der Waals surface area contributed by atoms with Gasteiger partial charge in [0, 0.05) is 13.1 Å². The highest BCUT2D eigenvalue weighted by atomic mass is 16.5. The molecule has 0 radical (unpaired) electrons. The van der Waals surface area contributed by atoms with Crippen LogP contribution in [0.5, 0.6) is 0 Å². The van der Waals surface area contributed by atoms with Crippen LogP contribution in [-0.2, 0) is 16.1 Å². The second kappa shape index (κ2) is 5.44. The predicted molar refractivity (Wildman–Crippen MR) is 70.7 cm³/mol. The van der Waals surface area contributed by atoms with Gasteiger partial charge in [0.15, 0.2) is 5.69 Å². The molecule has 1 amide bonds. The molecule has 2 heterocycles. The van der Waals surface area contributed by atoms with E-state index in [9.17, 15) is 9.59 Å². The number of aromatic nitrogens is 3. The number of carboxylic acids is 1. The lowest BCUT2D eigenvalue weighted by atomic mass is 10.00. The van der Waals surface area contributed by atoms with Crippen molar-refractivity contribution in [2.75, 3.05) is 19.7 Å². The number of carboxylic acid groups (broad SMARTS) is 1. The van der Waals surface area contributed by atoms with Gasteiger partial charge in [0.1, 0.15) is 6.54 Å². The molecule has 0 aromatic carbocycles. The summed E-state index contributed by atoms with van der Waals surface area (Å²) < 4.78 is 7.15. The van der Waals surface area contributed by atoms with Crippen LogP contribution in [0.1, 0.15) is 36.2 Å². The molecule has 1 aliphatic heterocycles. The number of hydrogen-bond donors (Lipinski definition) is 1. The Kier molecular flexibility index (Phi) is 3.62. The number of hydrogen-bond acceptors (Lipinski definition) is 5. The van der Waals surface area contributed by atoms with Crippen molar-refractivity contribution < 1.29 is 19.4 Å². The highest BCUT2D eigenvalue weighted by molar-refractivity contribution is 5.84. The van der Waals surface area contributed by atoms with E-state index >= 15 is 0 Å². The monoisotopic (exact) mass is 294 g/mol. The number of ether oxygens (including phenoxy) is 1. The van der Waals surface area contributed by atoms with Crippen LogP contribution in [0.25, 0.3) is 0 Å². The predicted octanol–water partition coefficient (Wildman–Crippen LogP) is 0.148. The van der Waals surface area contributed by atoms with Crippen LogP contribution >= 0.6 is 0 Å². The van der Waals surface area contributed by atoms with Crippen molar-refractivity contribution in [2.45, 2.75) is 37.8 Å². The maximum Gasteiger partial charge on any atom is 0.358 e. The number of amides is 1. The molecule has 1 spiro atoms. The highest BCUT2D eigenvalue weighted by Gasteiger charge is 2.40. The number of carbonyl (C=O) groups is 2. The lowest BCUT2D eigenvalue weighted by Crippen LogP contribution is -2.53. The molecule has 1 saturated heterocycles. The molecule has 1 aliphatic carbocycles. The zero-order valence-electron chi connectivity index (χ0n) is 11.7. The standard InChI is InChI=1S/C13H18N4O4/c18-11(8-17-7-10(12(19)20)14-15-17)16-5-6-21-13(9-16)3-1-2-4-13/h7H,1-6,8-9H2,(H,19,20). The molecule has 8 heteroatoms. The van der Waals surface area contributed by atoms with Gasteiger partial charge in [0.25, 0.3) is 0 Å². The summed E-state index contributed by atoms with van der Waals surface area (Å²) in [7, 11) is 0. The fraction of sp³-hybridized carbons (Fsp3) is 0.692. The van der Waals surface area contributed by atoms with E-state index in [1.54, 1.807) is 4.90 Å². The zero-order chi connectivity index (χ0) is 14.9. The quantitative estimate of drug-likeness (QED) is 0.852.